The molecular formula is C19H46O4Si3. The molecule has 0 aliphatic carbocycles. The highest BCUT2D eigenvalue weighted by Gasteiger charge is 2.39. The van der Waals surface area contributed by atoms with Gasteiger partial charge in [-0.05, 0) is 64.7 Å². The molecular weight excluding hydrogens is 376 g/mol. The van der Waals surface area contributed by atoms with Crippen molar-refractivity contribution in [3.63, 3.8) is 0 Å². The Morgan fingerprint density at radius 3 is 1.69 bits per heavy atom. The highest BCUT2D eigenvalue weighted by Crippen LogP contribution is 2.26. The Morgan fingerprint density at radius 2 is 1.31 bits per heavy atom. The average Bonchev–Trinajstić information content (AvgIpc) is 2.38. The van der Waals surface area contributed by atoms with Crippen LogP contribution in [0.4, 0.5) is 0 Å². The maximum Gasteiger partial charge on any atom is 0.333 e. The number of rotatable bonds is 12. The molecule has 0 bridgehead atoms. The van der Waals surface area contributed by atoms with Gasteiger partial charge in [0.2, 0.25) is 0 Å². The van der Waals surface area contributed by atoms with E-state index in [4.69, 9.17) is 13.0 Å². The highest BCUT2D eigenvalue weighted by atomic mass is 28.5. The van der Waals surface area contributed by atoms with Gasteiger partial charge in [0, 0.05) is 5.57 Å². The zero-order valence-corrected chi connectivity index (χ0v) is 20.1. The molecule has 0 fully saturated rings. The van der Waals surface area contributed by atoms with Crippen molar-refractivity contribution in [2.45, 2.75) is 99.3 Å². The third-order valence-electron chi connectivity index (χ3n) is 3.68. The number of carbonyl (C=O) groups is 1. The Morgan fingerprint density at radius 1 is 0.885 bits per heavy atom. The third-order valence-corrected chi connectivity index (χ3v) is 15.2. The van der Waals surface area contributed by atoms with Crippen molar-refractivity contribution in [2.24, 2.45) is 0 Å². The number of carbonyl (C=O) groups excluding carboxylic acids is 1. The second-order valence-electron chi connectivity index (χ2n) is 8.25. The fourth-order valence-electron chi connectivity index (χ4n) is 2.84. The van der Waals surface area contributed by atoms with Gasteiger partial charge in [0.25, 0.3) is 0 Å². The molecule has 0 amide bonds. The molecule has 0 aromatic carbocycles. The Kier molecular flexibility index (Phi) is 15.3. The van der Waals surface area contributed by atoms with Crippen molar-refractivity contribution < 1.29 is 17.8 Å². The van der Waals surface area contributed by atoms with Crippen LogP contribution in [0, 0.1) is 0 Å². The molecule has 0 aromatic heterocycles. The number of unbranched alkanes of at least 4 members (excludes halogenated alkanes) is 1. The summed E-state index contributed by atoms with van der Waals surface area (Å²) in [6, 6.07) is 2.16. The van der Waals surface area contributed by atoms with Crippen molar-refractivity contribution in [2.75, 3.05) is 6.61 Å². The van der Waals surface area contributed by atoms with E-state index in [9.17, 15) is 4.79 Å². The van der Waals surface area contributed by atoms with E-state index in [0.29, 0.717) is 12.2 Å². The molecule has 0 radical (unpaired) electrons. The van der Waals surface area contributed by atoms with Crippen LogP contribution < -0.4 is 0 Å². The maximum absolute atomic E-state index is 11.4. The highest BCUT2D eigenvalue weighted by molar-refractivity contribution is 6.87. The summed E-state index contributed by atoms with van der Waals surface area (Å²) < 4.78 is 18.2. The van der Waals surface area contributed by atoms with Crippen LogP contribution in [-0.4, -0.2) is 37.8 Å². The van der Waals surface area contributed by atoms with E-state index in [0.717, 1.165) is 12.5 Å². The van der Waals surface area contributed by atoms with E-state index >= 15 is 0 Å². The fourth-order valence-corrected chi connectivity index (χ4v) is 17.0. The van der Waals surface area contributed by atoms with E-state index in [1.165, 1.54) is 18.9 Å². The molecule has 158 valence electrons. The molecule has 0 unspecified atom stereocenters. The van der Waals surface area contributed by atoms with Crippen molar-refractivity contribution in [3.8, 4) is 0 Å². The quantitative estimate of drug-likeness (QED) is 0.152. The molecule has 0 saturated heterocycles. The molecule has 0 aromatic rings. The Labute approximate surface area is 167 Å². The molecule has 0 atom stereocenters. The summed E-state index contributed by atoms with van der Waals surface area (Å²) in [7, 11) is -5.59. The first-order chi connectivity index (χ1) is 10.8. The monoisotopic (exact) mass is 422 g/mol. The van der Waals surface area contributed by atoms with Crippen LogP contribution >= 0.6 is 0 Å². The minimum atomic E-state index is -2.12. The van der Waals surface area contributed by atoms with Crippen LogP contribution in [0.5, 0.6) is 0 Å². The van der Waals surface area contributed by atoms with E-state index in [2.05, 4.69) is 52.8 Å². The van der Waals surface area contributed by atoms with Crippen molar-refractivity contribution in [1.82, 2.24) is 0 Å². The lowest BCUT2D eigenvalue weighted by molar-refractivity contribution is -0.138. The standard InChI is InChI=1S/C17H38O4Si3.2CH4/c1-10-11-14-22(4,5)20-24(8,9)21-23(6,7)15-12-13-19-17(18)16(2)3;;/h2,10-15H2,1,3-9H3;2*1H4. The summed E-state index contributed by atoms with van der Waals surface area (Å²) in [5.74, 6) is -0.308. The average molecular weight is 423 g/mol. The normalized spacial score (nSPS) is 12.0. The largest absolute Gasteiger partial charge is 0.462 e. The molecule has 0 aliphatic rings. The lowest BCUT2D eigenvalue weighted by Gasteiger charge is -2.38. The summed E-state index contributed by atoms with van der Waals surface area (Å²) in [5, 5.41) is 0. The molecule has 7 heteroatoms. The predicted molar refractivity (Wildman–Crippen MR) is 123 cm³/mol. The third kappa shape index (κ3) is 14.9. The van der Waals surface area contributed by atoms with E-state index < -0.39 is 25.2 Å². The Hall–Kier alpha value is -0.219. The van der Waals surface area contributed by atoms with Gasteiger partial charge in [-0.2, -0.15) is 0 Å². The van der Waals surface area contributed by atoms with Gasteiger partial charge in [0.1, 0.15) is 0 Å². The van der Waals surface area contributed by atoms with Crippen LogP contribution in [0.15, 0.2) is 12.2 Å². The van der Waals surface area contributed by atoms with Gasteiger partial charge in [-0.25, -0.2) is 4.79 Å². The molecule has 0 rings (SSSR count). The zero-order chi connectivity index (χ0) is 19.0. The molecule has 0 N–H and O–H groups in total. The Balaban J connectivity index is -0.00000264. The van der Waals surface area contributed by atoms with Crippen molar-refractivity contribution in [3.05, 3.63) is 12.2 Å². The summed E-state index contributed by atoms with van der Waals surface area (Å²) in [6.07, 6.45) is 3.28. The molecule has 0 saturated carbocycles. The zero-order valence-electron chi connectivity index (χ0n) is 17.1. The van der Waals surface area contributed by atoms with E-state index in [-0.39, 0.29) is 20.8 Å². The molecule has 4 nitrogen and oxygen atoms in total. The smallest absolute Gasteiger partial charge is 0.333 e. The van der Waals surface area contributed by atoms with Crippen LogP contribution in [0.25, 0.3) is 0 Å². The number of hydrogen-bond donors (Lipinski definition) is 0. The summed E-state index contributed by atoms with van der Waals surface area (Å²) in [6.45, 7) is 21.3. The molecule has 0 spiro atoms. The van der Waals surface area contributed by atoms with Gasteiger partial charge in [-0.3, -0.25) is 0 Å². The minimum absolute atomic E-state index is 0. The van der Waals surface area contributed by atoms with Gasteiger partial charge >= 0.3 is 14.5 Å². The summed E-state index contributed by atoms with van der Waals surface area (Å²) in [5.41, 5.74) is 0.448. The topological polar surface area (TPSA) is 44.8 Å². The lowest BCUT2D eigenvalue weighted by Crippen LogP contribution is -2.52. The van der Waals surface area contributed by atoms with E-state index in [1.54, 1.807) is 6.92 Å². The first kappa shape index (κ1) is 30.5. The predicted octanol–water partition coefficient (Wildman–Crippen LogP) is 6.71. The van der Waals surface area contributed by atoms with Gasteiger partial charge in [-0.1, -0.05) is 41.2 Å². The van der Waals surface area contributed by atoms with Crippen molar-refractivity contribution >= 4 is 31.2 Å². The van der Waals surface area contributed by atoms with Crippen LogP contribution in [-0.2, 0) is 17.8 Å². The van der Waals surface area contributed by atoms with Crippen LogP contribution in [0.1, 0.15) is 48.0 Å². The number of hydrogen-bond acceptors (Lipinski definition) is 4. The van der Waals surface area contributed by atoms with Gasteiger partial charge in [-0.15, -0.1) is 0 Å². The second-order valence-corrected chi connectivity index (χ2v) is 20.7. The van der Waals surface area contributed by atoms with Gasteiger partial charge < -0.3 is 13.0 Å². The minimum Gasteiger partial charge on any atom is -0.462 e. The van der Waals surface area contributed by atoms with Crippen LogP contribution in [0.3, 0.4) is 0 Å². The second kappa shape index (κ2) is 13.0. The van der Waals surface area contributed by atoms with Crippen LogP contribution in [0.2, 0.25) is 51.4 Å². The first-order valence-electron chi connectivity index (χ1n) is 9.03. The summed E-state index contributed by atoms with van der Waals surface area (Å²) in [4.78, 5) is 11.4. The number of ether oxygens (including phenoxy) is 1. The number of esters is 1. The lowest BCUT2D eigenvalue weighted by atomic mass is 10.4. The molecule has 0 heterocycles. The SMILES string of the molecule is C.C.C=C(C)C(=O)OCCC[Si](C)(C)O[Si](C)(C)O[Si](C)(C)CCCC. The first-order valence-corrected chi connectivity index (χ1v) is 18.1. The maximum atomic E-state index is 11.4. The fraction of sp³-hybridized carbons (Fsp3) is 0.842. The van der Waals surface area contributed by atoms with Gasteiger partial charge in [0.15, 0.2) is 16.6 Å². The van der Waals surface area contributed by atoms with E-state index in [1.807, 2.05) is 0 Å². The van der Waals surface area contributed by atoms with Gasteiger partial charge in [0.05, 0.1) is 6.61 Å². The summed E-state index contributed by atoms with van der Waals surface area (Å²) >= 11 is 0. The Bertz CT molecular complexity index is 421. The van der Waals surface area contributed by atoms with Crippen molar-refractivity contribution in [1.29, 1.82) is 0 Å². The molecule has 26 heavy (non-hydrogen) atoms. The molecule has 0 aliphatic heterocycles.